The van der Waals surface area contributed by atoms with Gasteiger partial charge in [0.2, 0.25) is 40.7 Å². The minimum Gasteiger partial charge on any atom is -0.497 e. The lowest BCUT2D eigenvalue weighted by atomic mass is 9.80. The molecular weight excluding hydrogens is 747 g/mol. The fourth-order valence-electron chi connectivity index (χ4n) is 7.29. The van der Waals surface area contributed by atoms with Gasteiger partial charge in [-0.1, -0.05) is 61.0 Å². The molecule has 0 unspecified atom stereocenters. The SMILES string of the molecule is COc1ccc(C(OCCCCCC(=O)N2CCc3c2ccc2[nH]c(C(=O)Oc4c(F)c(F)c(F)c(F)c4F)cc32)(c2ccccc2)c2ccc(OC)cc2)cc1. The number of nitrogens with zero attached hydrogens (tertiary/aromatic N) is 1. The van der Waals surface area contributed by atoms with Gasteiger partial charge >= 0.3 is 5.97 Å². The molecule has 6 aromatic rings. The lowest BCUT2D eigenvalue weighted by molar-refractivity contribution is -0.118. The first kappa shape index (κ1) is 39.0. The summed E-state index contributed by atoms with van der Waals surface area (Å²) in [5.74, 6) is -13.0. The van der Waals surface area contributed by atoms with Crippen LogP contribution in [0.5, 0.6) is 17.2 Å². The van der Waals surface area contributed by atoms with Gasteiger partial charge < -0.3 is 28.8 Å². The van der Waals surface area contributed by atoms with Crippen molar-refractivity contribution in [3.63, 3.8) is 0 Å². The highest BCUT2D eigenvalue weighted by Gasteiger charge is 2.38. The van der Waals surface area contributed by atoms with Crippen LogP contribution >= 0.6 is 0 Å². The third-order valence-corrected chi connectivity index (χ3v) is 10.2. The van der Waals surface area contributed by atoms with Crippen LogP contribution in [0.4, 0.5) is 27.6 Å². The number of benzene rings is 5. The molecule has 7 rings (SSSR count). The number of esters is 1. The first-order chi connectivity index (χ1) is 27.6. The number of aromatic nitrogens is 1. The van der Waals surface area contributed by atoms with E-state index in [0.29, 0.717) is 55.4 Å². The van der Waals surface area contributed by atoms with Gasteiger partial charge in [-0.15, -0.1) is 0 Å². The predicted molar refractivity (Wildman–Crippen MR) is 202 cm³/mol. The number of H-pyrrole nitrogens is 1. The Kier molecular flexibility index (Phi) is 11.3. The zero-order chi connectivity index (χ0) is 40.3. The average molecular weight is 785 g/mol. The third-order valence-electron chi connectivity index (χ3n) is 10.2. The minimum absolute atomic E-state index is 0.0781. The summed E-state index contributed by atoms with van der Waals surface area (Å²) in [6.45, 7) is 0.795. The summed E-state index contributed by atoms with van der Waals surface area (Å²) in [5, 5.41) is 0.555. The van der Waals surface area contributed by atoms with E-state index in [9.17, 15) is 31.5 Å². The fourth-order valence-corrected chi connectivity index (χ4v) is 7.29. The number of hydrogen-bond donors (Lipinski definition) is 1. The van der Waals surface area contributed by atoms with E-state index in [1.54, 1.807) is 31.3 Å². The Morgan fingerprint density at radius 3 is 1.88 bits per heavy atom. The average Bonchev–Trinajstić information content (AvgIpc) is 3.89. The van der Waals surface area contributed by atoms with Crippen molar-refractivity contribution in [2.24, 2.45) is 0 Å². The molecule has 57 heavy (non-hydrogen) atoms. The summed E-state index contributed by atoms with van der Waals surface area (Å²) in [4.78, 5) is 30.7. The van der Waals surface area contributed by atoms with Gasteiger partial charge in [-0.2, -0.15) is 8.78 Å². The van der Waals surface area contributed by atoms with Gasteiger partial charge in [0.05, 0.1) is 14.2 Å². The van der Waals surface area contributed by atoms with Gasteiger partial charge in [-0.25, -0.2) is 18.0 Å². The molecule has 8 nitrogen and oxygen atoms in total. The molecule has 1 aliphatic rings. The van der Waals surface area contributed by atoms with Crippen LogP contribution in [-0.4, -0.2) is 44.2 Å². The van der Waals surface area contributed by atoms with Crippen LogP contribution in [0.2, 0.25) is 0 Å². The second kappa shape index (κ2) is 16.5. The maximum Gasteiger partial charge on any atom is 0.360 e. The number of unbranched alkanes of at least 4 members (excludes halogenated alkanes) is 2. The Labute approximate surface area is 324 Å². The number of carbonyl (C=O) groups excluding carboxylic acids is 2. The summed E-state index contributed by atoms with van der Waals surface area (Å²) in [6.07, 6.45) is 2.75. The molecule has 1 amide bonds. The van der Waals surface area contributed by atoms with Crippen molar-refractivity contribution in [1.29, 1.82) is 0 Å². The second-order valence-corrected chi connectivity index (χ2v) is 13.5. The van der Waals surface area contributed by atoms with Crippen molar-refractivity contribution in [2.75, 3.05) is 32.3 Å². The molecular formula is C44H37F5N2O6. The highest BCUT2D eigenvalue weighted by molar-refractivity contribution is 6.03. The van der Waals surface area contributed by atoms with E-state index in [-0.39, 0.29) is 18.0 Å². The van der Waals surface area contributed by atoms with E-state index in [0.717, 1.165) is 33.8 Å². The largest absolute Gasteiger partial charge is 0.497 e. The normalized spacial score (nSPS) is 12.5. The summed E-state index contributed by atoms with van der Waals surface area (Å²) in [7, 11) is 3.24. The van der Waals surface area contributed by atoms with Crippen molar-refractivity contribution in [3.05, 3.63) is 154 Å². The van der Waals surface area contributed by atoms with Crippen LogP contribution in [0, 0.1) is 29.1 Å². The zero-order valence-electron chi connectivity index (χ0n) is 31.0. The fraction of sp³-hybridized carbons (Fsp3) is 0.227. The van der Waals surface area contributed by atoms with E-state index in [4.69, 9.17) is 14.2 Å². The van der Waals surface area contributed by atoms with Crippen LogP contribution in [0.25, 0.3) is 10.9 Å². The Morgan fingerprint density at radius 1 is 0.702 bits per heavy atom. The molecule has 5 aromatic carbocycles. The molecule has 13 heteroatoms. The summed E-state index contributed by atoms with van der Waals surface area (Å²) in [5.41, 5.74) is 3.45. The Bertz CT molecular complexity index is 2340. The monoisotopic (exact) mass is 784 g/mol. The molecule has 294 valence electrons. The molecule has 1 aliphatic heterocycles. The number of hydrogen-bond acceptors (Lipinski definition) is 6. The van der Waals surface area contributed by atoms with Crippen LogP contribution in [-0.2, 0) is 21.6 Å². The second-order valence-electron chi connectivity index (χ2n) is 13.5. The summed E-state index contributed by atoms with van der Waals surface area (Å²) in [6, 6.07) is 30.3. The molecule has 0 radical (unpaired) electrons. The number of ether oxygens (including phenoxy) is 4. The van der Waals surface area contributed by atoms with E-state index in [1.165, 1.54) is 6.07 Å². The maximum atomic E-state index is 14.2. The Morgan fingerprint density at radius 2 is 1.28 bits per heavy atom. The highest BCUT2D eigenvalue weighted by atomic mass is 19.2. The number of rotatable bonds is 14. The number of nitrogens with one attached hydrogen (secondary N) is 1. The number of methoxy groups -OCH3 is 2. The lowest BCUT2D eigenvalue weighted by Gasteiger charge is -2.36. The molecule has 0 fully saturated rings. The summed E-state index contributed by atoms with van der Waals surface area (Å²) < 4.78 is 91.5. The van der Waals surface area contributed by atoms with Crippen molar-refractivity contribution < 1.29 is 50.5 Å². The standard InChI is InChI=1S/C44H37F5N2O6/c1-54-29-16-12-27(13-17-29)44(26-9-5-3-6-10-26,28-14-18-30(55-2)19-15-28)56-24-8-4-7-11-36(52)51-23-22-31-32-25-34(50-33(32)20-21-35(31)51)43(53)57-42-40(48)38(46)37(45)39(47)41(42)49/h3,5-6,9-10,12-21,25,50H,4,7-8,11,22-24H2,1-2H3. The zero-order valence-corrected chi connectivity index (χ0v) is 31.0. The number of halogens is 5. The van der Waals surface area contributed by atoms with Gasteiger partial charge in [0, 0.05) is 36.2 Å². The number of carbonyl (C=O) groups is 2. The number of amides is 1. The Balaban J connectivity index is 1.01. The van der Waals surface area contributed by atoms with Crippen molar-refractivity contribution in [3.8, 4) is 17.2 Å². The number of fused-ring (bicyclic) bond motifs is 3. The number of aromatic amines is 1. The van der Waals surface area contributed by atoms with Crippen molar-refractivity contribution in [1.82, 2.24) is 4.98 Å². The third kappa shape index (κ3) is 7.42. The van der Waals surface area contributed by atoms with Gasteiger partial charge in [0.15, 0.2) is 0 Å². The van der Waals surface area contributed by atoms with E-state index >= 15 is 0 Å². The van der Waals surface area contributed by atoms with Crippen LogP contribution in [0.15, 0.2) is 97.1 Å². The first-order valence-electron chi connectivity index (χ1n) is 18.2. The Hall–Kier alpha value is -6.21. The maximum absolute atomic E-state index is 14.2. The van der Waals surface area contributed by atoms with Gasteiger partial charge in [0.25, 0.3) is 0 Å². The van der Waals surface area contributed by atoms with Crippen molar-refractivity contribution in [2.45, 2.75) is 37.7 Å². The molecule has 0 spiro atoms. The molecule has 0 saturated carbocycles. The van der Waals surface area contributed by atoms with Gasteiger partial charge in [-0.05, 0) is 84.0 Å². The van der Waals surface area contributed by atoms with Gasteiger partial charge in [0.1, 0.15) is 22.8 Å². The smallest absolute Gasteiger partial charge is 0.360 e. The number of anilines is 1. The minimum atomic E-state index is -2.37. The van der Waals surface area contributed by atoms with Gasteiger partial charge in [-0.3, -0.25) is 4.79 Å². The lowest BCUT2D eigenvalue weighted by Crippen LogP contribution is -2.33. The highest BCUT2D eigenvalue weighted by Crippen LogP contribution is 2.42. The quantitative estimate of drug-likeness (QED) is 0.0225. The van der Waals surface area contributed by atoms with Crippen LogP contribution in [0.3, 0.4) is 0 Å². The molecule has 1 N–H and O–H groups in total. The van der Waals surface area contributed by atoms with E-state index in [1.807, 2.05) is 78.9 Å². The van der Waals surface area contributed by atoms with Crippen LogP contribution < -0.4 is 19.1 Å². The van der Waals surface area contributed by atoms with E-state index < -0.39 is 46.4 Å². The van der Waals surface area contributed by atoms with Crippen LogP contribution in [0.1, 0.15) is 58.4 Å². The predicted octanol–water partition coefficient (Wildman–Crippen LogP) is 9.56. The first-order valence-corrected chi connectivity index (χ1v) is 18.2. The molecule has 0 atom stereocenters. The summed E-state index contributed by atoms with van der Waals surface area (Å²) >= 11 is 0. The molecule has 2 heterocycles. The molecule has 0 bridgehead atoms. The van der Waals surface area contributed by atoms with Crippen molar-refractivity contribution >= 4 is 28.5 Å². The topological polar surface area (TPSA) is 90.1 Å². The molecule has 0 aliphatic carbocycles. The molecule has 0 saturated heterocycles. The van der Waals surface area contributed by atoms with E-state index in [2.05, 4.69) is 9.72 Å². The molecule has 1 aromatic heterocycles.